The van der Waals surface area contributed by atoms with E-state index in [4.69, 9.17) is 11.6 Å². The smallest absolute Gasteiger partial charge is 0.143 e. The fraction of sp³-hybridized carbons (Fsp3) is 0.708. The van der Waals surface area contributed by atoms with Crippen LogP contribution in [0.2, 0.25) is 5.02 Å². The molecule has 1 atom stereocenters. The first-order valence-electron chi connectivity index (χ1n) is 11.3. The van der Waals surface area contributed by atoms with Crippen LogP contribution in [-0.2, 0) is 0 Å². The molecule has 0 saturated carbocycles. The highest BCUT2D eigenvalue weighted by Crippen LogP contribution is 2.34. The number of benzene rings is 1. The molecule has 0 bridgehead atoms. The topological polar surface area (TPSA) is 52.8 Å². The van der Waals surface area contributed by atoms with E-state index < -0.39 is 0 Å². The molecule has 0 saturated heterocycles. The SMILES string of the molecule is CCCCCCCCCC(=NO)c1cc(C(C)CCCCCC)cc(Cl)c1O. The van der Waals surface area contributed by atoms with E-state index in [1.165, 1.54) is 57.8 Å². The van der Waals surface area contributed by atoms with Gasteiger partial charge in [0.1, 0.15) is 5.75 Å². The predicted molar refractivity (Wildman–Crippen MR) is 121 cm³/mol. The molecule has 0 fully saturated rings. The minimum Gasteiger partial charge on any atom is -0.506 e. The molecule has 1 aromatic rings. The highest BCUT2D eigenvalue weighted by Gasteiger charge is 2.17. The van der Waals surface area contributed by atoms with Gasteiger partial charge >= 0.3 is 0 Å². The second-order valence-electron chi connectivity index (χ2n) is 8.07. The number of hydrogen-bond acceptors (Lipinski definition) is 3. The molecule has 1 unspecified atom stereocenters. The van der Waals surface area contributed by atoms with E-state index in [0.29, 0.717) is 28.6 Å². The maximum absolute atomic E-state index is 10.4. The van der Waals surface area contributed by atoms with E-state index in [0.717, 1.165) is 24.8 Å². The third-order valence-electron chi connectivity index (χ3n) is 5.59. The van der Waals surface area contributed by atoms with Crippen molar-refractivity contribution >= 4 is 17.3 Å². The van der Waals surface area contributed by atoms with Gasteiger partial charge < -0.3 is 10.3 Å². The Morgan fingerprint density at radius 3 is 2.11 bits per heavy atom. The third kappa shape index (κ3) is 8.86. The number of nitrogens with zero attached hydrogens (tertiary/aromatic N) is 1. The van der Waals surface area contributed by atoms with Crippen molar-refractivity contribution in [1.82, 2.24) is 0 Å². The molecule has 0 radical (unpaired) electrons. The van der Waals surface area contributed by atoms with Crippen LogP contribution in [-0.4, -0.2) is 16.0 Å². The van der Waals surface area contributed by atoms with Gasteiger partial charge in [-0.2, -0.15) is 0 Å². The molecule has 2 N–H and O–H groups in total. The van der Waals surface area contributed by atoms with Crippen molar-refractivity contribution in [2.24, 2.45) is 5.16 Å². The van der Waals surface area contributed by atoms with Crippen LogP contribution in [0.5, 0.6) is 5.75 Å². The Labute approximate surface area is 177 Å². The zero-order chi connectivity index (χ0) is 20.8. The Balaban J connectivity index is 2.69. The van der Waals surface area contributed by atoms with Gasteiger partial charge in [0.05, 0.1) is 10.7 Å². The molecule has 0 amide bonds. The number of phenols is 1. The van der Waals surface area contributed by atoms with Crippen molar-refractivity contribution < 1.29 is 10.3 Å². The van der Waals surface area contributed by atoms with Crippen LogP contribution in [0.25, 0.3) is 0 Å². The molecule has 1 rings (SSSR count). The van der Waals surface area contributed by atoms with Gasteiger partial charge in [0.25, 0.3) is 0 Å². The molecule has 0 aliphatic carbocycles. The van der Waals surface area contributed by atoms with Crippen LogP contribution < -0.4 is 0 Å². The highest BCUT2D eigenvalue weighted by atomic mass is 35.5. The fourth-order valence-corrected chi connectivity index (χ4v) is 3.88. The van der Waals surface area contributed by atoms with E-state index in [9.17, 15) is 10.3 Å². The average molecular weight is 410 g/mol. The minimum absolute atomic E-state index is 0.0272. The van der Waals surface area contributed by atoms with Gasteiger partial charge in [0.2, 0.25) is 0 Å². The second-order valence-corrected chi connectivity index (χ2v) is 8.47. The predicted octanol–water partition coefficient (Wildman–Crippen LogP) is 8.44. The largest absolute Gasteiger partial charge is 0.506 e. The minimum atomic E-state index is 0.0272. The zero-order valence-corrected chi connectivity index (χ0v) is 18.9. The van der Waals surface area contributed by atoms with E-state index in [-0.39, 0.29) is 5.75 Å². The summed E-state index contributed by atoms with van der Waals surface area (Å²) in [5.41, 5.74) is 2.22. The van der Waals surface area contributed by atoms with Crippen molar-refractivity contribution in [2.75, 3.05) is 0 Å². The normalized spacial score (nSPS) is 13.1. The molecule has 28 heavy (non-hydrogen) atoms. The van der Waals surface area contributed by atoms with Gasteiger partial charge in [-0.1, -0.05) is 102 Å². The summed E-state index contributed by atoms with van der Waals surface area (Å²) in [7, 11) is 0. The van der Waals surface area contributed by atoms with E-state index in [1.54, 1.807) is 0 Å². The lowest BCUT2D eigenvalue weighted by atomic mass is 9.91. The van der Waals surface area contributed by atoms with E-state index in [2.05, 4.69) is 25.9 Å². The molecule has 4 heteroatoms. The molecule has 0 heterocycles. The second kappa shape index (κ2) is 14.7. The van der Waals surface area contributed by atoms with Gasteiger partial charge in [-0.15, -0.1) is 0 Å². The summed E-state index contributed by atoms with van der Waals surface area (Å²) < 4.78 is 0. The van der Waals surface area contributed by atoms with Crippen molar-refractivity contribution in [3.63, 3.8) is 0 Å². The van der Waals surface area contributed by atoms with Crippen molar-refractivity contribution in [3.8, 4) is 5.75 Å². The van der Waals surface area contributed by atoms with Crippen molar-refractivity contribution in [3.05, 3.63) is 28.3 Å². The van der Waals surface area contributed by atoms with Gasteiger partial charge in [-0.05, 0) is 42.9 Å². The summed E-state index contributed by atoms with van der Waals surface area (Å²) in [6.45, 7) is 6.64. The van der Waals surface area contributed by atoms with Gasteiger partial charge in [0.15, 0.2) is 0 Å². The molecule has 0 aliphatic rings. The van der Waals surface area contributed by atoms with Crippen molar-refractivity contribution in [1.29, 1.82) is 0 Å². The summed E-state index contributed by atoms with van der Waals surface area (Å²) >= 11 is 6.29. The standard InChI is InChI=1S/C24H40ClNO2/c1-4-6-8-10-11-12-14-16-23(26-28)21-17-20(18-22(25)24(21)27)19(3)15-13-9-7-5-2/h17-19,27-28H,4-16H2,1-3H3. The number of oxime groups is 1. The molecular weight excluding hydrogens is 370 g/mol. The Hall–Kier alpha value is -1.22. The van der Waals surface area contributed by atoms with Crippen molar-refractivity contribution in [2.45, 2.75) is 110 Å². The summed E-state index contributed by atoms with van der Waals surface area (Å²) in [6.07, 6.45) is 15.1. The number of unbranched alkanes of at least 4 members (excludes halogenated alkanes) is 9. The number of rotatable bonds is 15. The summed E-state index contributed by atoms with van der Waals surface area (Å²) in [4.78, 5) is 0. The van der Waals surface area contributed by atoms with Crippen LogP contribution in [0.3, 0.4) is 0 Å². The molecular formula is C24H40ClNO2. The summed E-state index contributed by atoms with van der Waals surface area (Å²) in [5.74, 6) is 0.395. The molecule has 160 valence electrons. The number of halogens is 1. The first-order valence-corrected chi connectivity index (χ1v) is 11.7. The monoisotopic (exact) mass is 409 g/mol. The zero-order valence-electron chi connectivity index (χ0n) is 18.1. The quantitative estimate of drug-likeness (QED) is 0.132. The number of aromatic hydroxyl groups is 1. The average Bonchev–Trinajstić information content (AvgIpc) is 2.69. The van der Waals surface area contributed by atoms with Gasteiger partial charge in [0, 0.05) is 5.56 Å². The van der Waals surface area contributed by atoms with E-state index >= 15 is 0 Å². The molecule has 0 spiro atoms. The lowest BCUT2D eigenvalue weighted by molar-refractivity contribution is 0.317. The maximum atomic E-state index is 10.4. The molecule has 3 nitrogen and oxygen atoms in total. The summed E-state index contributed by atoms with van der Waals surface area (Å²) in [6, 6.07) is 3.82. The molecule has 0 aromatic heterocycles. The van der Waals surface area contributed by atoms with Gasteiger partial charge in [-0.25, -0.2) is 0 Å². The maximum Gasteiger partial charge on any atom is 0.143 e. The lowest BCUT2D eigenvalue weighted by Crippen LogP contribution is -2.05. The third-order valence-corrected chi connectivity index (χ3v) is 5.88. The lowest BCUT2D eigenvalue weighted by Gasteiger charge is -2.16. The first-order chi connectivity index (χ1) is 13.5. The van der Waals surface area contributed by atoms with Crippen LogP contribution in [0, 0.1) is 0 Å². The highest BCUT2D eigenvalue weighted by molar-refractivity contribution is 6.32. The van der Waals surface area contributed by atoms with Crippen LogP contribution in [0.1, 0.15) is 121 Å². The molecule has 0 aliphatic heterocycles. The fourth-order valence-electron chi connectivity index (χ4n) is 3.66. The number of phenolic OH excluding ortho intramolecular Hbond substituents is 1. The van der Waals surface area contributed by atoms with Crippen LogP contribution >= 0.6 is 11.6 Å². The van der Waals surface area contributed by atoms with Crippen LogP contribution in [0.15, 0.2) is 17.3 Å². The Morgan fingerprint density at radius 1 is 0.929 bits per heavy atom. The first kappa shape index (κ1) is 24.8. The number of hydrogen-bond donors (Lipinski definition) is 2. The van der Waals surface area contributed by atoms with E-state index in [1.807, 2.05) is 12.1 Å². The Bertz CT molecular complexity index is 586. The molecule has 1 aromatic carbocycles. The Morgan fingerprint density at radius 2 is 1.50 bits per heavy atom. The summed E-state index contributed by atoms with van der Waals surface area (Å²) in [5, 5.41) is 23.8. The van der Waals surface area contributed by atoms with Crippen LogP contribution in [0.4, 0.5) is 0 Å². The van der Waals surface area contributed by atoms with Gasteiger partial charge in [-0.3, -0.25) is 0 Å². The Kier molecular flexibility index (Phi) is 13.1.